The van der Waals surface area contributed by atoms with E-state index in [1.807, 2.05) is 30.3 Å². The largest absolute Gasteiger partial charge is 0.322 e. The van der Waals surface area contributed by atoms with E-state index < -0.39 is 17.6 Å². The number of halogens is 1. The number of hydrogen-bond donors (Lipinski definition) is 1. The van der Waals surface area contributed by atoms with Gasteiger partial charge in [0, 0.05) is 11.3 Å². The first-order valence-electron chi connectivity index (χ1n) is 9.06. The van der Waals surface area contributed by atoms with Crippen molar-refractivity contribution in [3.8, 4) is 0 Å². The number of carbonyl (C=O) groups is 3. The Labute approximate surface area is 166 Å². The minimum absolute atomic E-state index is 0.164. The Balaban J connectivity index is 1.56. The number of nitrogens with zero attached hydrogens (tertiary/aromatic N) is 1. The second-order valence-corrected chi connectivity index (χ2v) is 6.86. The highest BCUT2D eigenvalue weighted by Crippen LogP contribution is 2.26. The first-order chi connectivity index (χ1) is 13.9. The number of carbonyl (C=O) groups excluding carboxylic acids is 3. The van der Waals surface area contributed by atoms with Gasteiger partial charge in [0.25, 0.3) is 17.7 Å². The minimum atomic E-state index is -0.488. The fourth-order valence-electron chi connectivity index (χ4n) is 3.22. The van der Waals surface area contributed by atoms with Crippen LogP contribution in [0.2, 0.25) is 0 Å². The van der Waals surface area contributed by atoms with Crippen LogP contribution in [0, 0.1) is 12.7 Å². The average molecular weight is 388 g/mol. The molecule has 0 fully saturated rings. The highest BCUT2D eigenvalue weighted by molar-refractivity contribution is 6.22. The van der Waals surface area contributed by atoms with Crippen LogP contribution in [0.15, 0.2) is 66.7 Å². The highest BCUT2D eigenvalue weighted by atomic mass is 19.1. The third kappa shape index (κ3) is 3.52. The standard InChI is InChI=1S/C23H17FN2O3/c1-14-7-9-17(12-20(14)24)25-21(27)16-8-10-18-19(11-16)23(29)26(22(18)28)13-15-5-3-2-4-6-15/h2-12H,13H2,1H3,(H,25,27). The van der Waals surface area contributed by atoms with E-state index in [1.54, 1.807) is 19.1 Å². The molecule has 6 heteroatoms. The van der Waals surface area contributed by atoms with Crippen molar-refractivity contribution in [2.45, 2.75) is 13.5 Å². The van der Waals surface area contributed by atoms with Crippen molar-refractivity contribution in [3.05, 3.63) is 100 Å². The molecule has 1 aliphatic rings. The molecular formula is C23H17FN2O3. The van der Waals surface area contributed by atoms with Crippen molar-refractivity contribution in [3.63, 3.8) is 0 Å². The van der Waals surface area contributed by atoms with Crippen LogP contribution >= 0.6 is 0 Å². The molecule has 0 saturated heterocycles. The summed E-state index contributed by atoms with van der Waals surface area (Å²) in [5.74, 6) is -1.74. The monoisotopic (exact) mass is 388 g/mol. The van der Waals surface area contributed by atoms with Gasteiger partial charge in [-0.3, -0.25) is 19.3 Å². The first-order valence-corrected chi connectivity index (χ1v) is 9.06. The molecule has 144 valence electrons. The number of nitrogens with one attached hydrogen (secondary N) is 1. The molecule has 0 aliphatic carbocycles. The van der Waals surface area contributed by atoms with Crippen LogP contribution in [0.3, 0.4) is 0 Å². The third-order valence-corrected chi connectivity index (χ3v) is 4.85. The normalized spacial score (nSPS) is 12.8. The maximum absolute atomic E-state index is 13.7. The molecule has 3 aromatic rings. The molecule has 4 rings (SSSR count). The quantitative estimate of drug-likeness (QED) is 0.682. The molecule has 0 atom stereocenters. The molecule has 0 bridgehead atoms. The van der Waals surface area contributed by atoms with E-state index in [0.29, 0.717) is 11.3 Å². The van der Waals surface area contributed by atoms with Crippen LogP contribution in [0.25, 0.3) is 0 Å². The maximum Gasteiger partial charge on any atom is 0.261 e. The summed E-state index contributed by atoms with van der Waals surface area (Å²) in [6, 6.07) is 18.0. The van der Waals surface area contributed by atoms with Crippen molar-refractivity contribution in [1.82, 2.24) is 4.90 Å². The summed E-state index contributed by atoms with van der Waals surface area (Å²) >= 11 is 0. The summed E-state index contributed by atoms with van der Waals surface area (Å²) in [5.41, 5.74) is 2.29. The Morgan fingerprint density at radius 2 is 1.66 bits per heavy atom. The molecule has 5 nitrogen and oxygen atoms in total. The number of fused-ring (bicyclic) bond motifs is 1. The molecule has 29 heavy (non-hydrogen) atoms. The van der Waals surface area contributed by atoms with Gasteiger partial charge in [-0.1, -0.05) is 36.4 Å². The van der Waals surface area contributed by atoms with Crippen molar-refractivity contribution < 1.29 is 18.8 Å². The van der Waals surface area contributed by atoms with Crippen LogP contribution < -0.4 is 5.32 Å². The van der Waals surface area contributed by atoms with Crippen LogP contribution in [-0.4, -0.2) is 22.6 Å². The highest BCUT2D eigenvalue weighted by Gasteiger charge is 2.36. The van der Waals surface area contributed by atoms with Gasteiger partial charge < -0.3 is 5.32 Å². The lowest BCUT2D eigenvalue weighted by Gasteiger charge is -2.13. The van der Waals surface area contributed by atoms with Crippen molar-refractivity contribution >= 4 is 23.4 Å². The topological polar surface area (TPSA) is 66.5 Å². The first kappa shape index (κ1) is 18.6. The summed E-state index contributed by atoms with van der Waals surface area (Å²) in [7, 11) is 0. The molecule has 3 aromatic carbocycles. The van der Waals surface area contributed by atoms with Gasteiger partial charge in [0.05, 0.1) is 17.7 Å². The summed E-state index contributed by atoms with van der Waals surface area (Å²) < 4.78 is 13.7. The molecule has 0 spiro atoms. The smallest absolute Gasteiger partial charge is 0.261 e. The molecule has 0 radical (unpaired) electrons. The van der Waals surface area contributed by atoms with Crippen LogP contribution in [0.4, 0.5) is 10.1 Å². The summed E-state index contributed by atoms with van der Waals surface area (Å²) in [4.78, 5) is 39.1. The Kier molecular flexibility index (Phi) is 4.68. The number of rotatable bonds is 4. The maximum atomic E-state index is 13.7. The zero-order valence-corrected chi connectivity index (χ0v) is 15.6. The van der Waals surface area contributed by atoms with Gasteiger partial charge in [-0.2, -0.15) is 0 Å². The number of anilines is 1. The van der Waals surface area contributed by atoms with Crippen LogP contribution in [0.5, 0.6) is 0 Å². The Bertz CT molecular complexity index is 1140. The predicted octanol–water partition coefficient (Wildman–Crippen LogP) is 4.18. The van der Waals surface area contributed by atoms with E-state index >= 15 is 0 Å². The molecule has 0 saturated carbocycles. The molecule has 1 heterocycles. The van der Waals surface area contributed by atoms with Gasteiger partial charge in [-0.05, 0) is 48.4 Å². The van der Waals surface area contributed by atoms with Gasteiger partial charge in [0.2, 0.25) is 0 Å². The van der Waals surface area contributed by atoms with Crippen LogP contribution in [0.1, 0.15) is 42.2 Å². The number of aryl methyl sites for hydroxylation is 1. The van der Waals surface area contributed by atoms with Crippen LogP contribution in [-0.2, 0) is 6.54 Å². The van der Waals surface area contributed by atoms with Gasteiger partial charge in [0.15, 0.2) is 0 Å². The lowest BCUT2D eigenvalue weighted by atomic mass is 10.1. The van der Waals surface area contributed by atoms with E-state index in [9.17, 15) is 18.8 Å². The lowest BCUT2D eigenvalue weighted by Crippen LogP contribution is -2.29. The van der Waals surface area contributed by atoms with Gasteiger partial charge in [-0.25, -0.2) is 4.39 Å². The number of amides is 3. The Morgan fingerprint density at radius 1 is 0.931 bits per heavy atom. The number of benzene rings is 3. The molecule has 3 amide bonds. The van der Waals surface area contributed by atoms with Gasteiger partial charge in [0.1, 0.15) is 5.82 Å². The van der Waals surface area contributed by atoms with E-state index in [2.05, 4.69) is 5.32 Å². The fraction of sp³-hybridized carbons (Fsp3) is 0.0870. The zero-order chi connectivity index (χ0) is 20.5. The van der Waals surface area contributed by atoms with E-state index in [-0.39, 0.29) is 29.1 Å². The SMILES string of the molecule is Cc1ccc(NC(=O)c2ccc3c(c2)C(=O)N(Cc2ccccc2)C3=O)cc1F. The van der Waals surface area contributed by atoms with Crippen molar-refractivity contribution in [1.29, 1.82) is 0 Å². The molecule has 0 unspecified atom stereocenters. The molecule has 1 aliphatic heterocycles. The fourth-order valence-corrected chi connectivity index (χ4v) is 3.22. The molecule has 0 aromatic heterocycles. The molecular weight excluding hydrogens is 371 g/mol. The Morgan fingerprint density at radius 3 is 2.38 bits per heavy atom. The second kappa shape index (κ2) is 7.31. The van der Waals surface area contributed by atoms with Gasteiger partial charge >= 0.3 is 0 Å². The van der Waals surface area contributed by atoms with Crippen molar-refractivity contribution in [2.24, 2.45) is 0 Å². The van der Waals surface area contributed by atoms with Crippen molar-refractivity contribution in [2.75, 3.05) is 5.32 Å². The molecule has 1 N–H and O–H groups in total. The van der Waals surface area contributed by atoms with Gasteiger partial charge in [-0.15, -0.1) is 0 Å². The summed E-state index contributed by atoms with van der Waals surface area (Å²) in [6.45, 7) is 1.79. The minimum Gasteiger partial charge on any atom is -0.322 e. The lowest BCUT2D eigenvalue weighted by molar-refractivity contribution is 0.0642. The predicted molar refractivity (Wildman–Crippen MR) is 106 cm³/mol. The second-order valence-electron chi connectivity index (χ2n) is 6.86. The van der Waals surface area contributed by atoms with E-state index in [4.69, 9.17) is 0 Å². The summed E-state index contributed by atoms with van der Waals surface area (Å²) in [5, 5.41) is 2.61. The average Bonchev–Trinajstić information content (AvgIpc) is 2.96. The Hall–Kier alpha value is -3.80. The third-order valence-electron chi connectivity index (χ3n) is 4.85. The number of hydrogen-bond acceptors (Lipinski definition) is 3. The zero-order valence-electron chi connectivity index (χ0n) is 15.6. The summed E-state index contributed by atoms with van der Waals surface area (Å²) in [6.07, 6.45) is 0. The van der Waals surface area contributed by atoms with E-state index in [1.165, 1.54) is 24.3 Å². The number of imide groups is 1. The van der Waals surface area contributed by atoms with E-state index in [0.717, 1.165) is 10.5 Å².